The van der Waals surface area contributed by atoms with Gasteiger partial charge in [-0.05, 0) is 32.7 Å². The van der Waals surface area contributed by atoms with Gasteiger partial charge in [0.25, 0.3) is 0 Å². The van der Waals surface area contributed by atoms with E-state index in [9.17, 15) is 0 Å². The highest BCUT2D eigenvalue weighted by Gasteiger charge is 2.11. The van der Waals surface area contributed by atoms with Gasteiger partial charge in [-0.2, -0.15) is 0 Å². The lowest BCUT2D eigenvalue weighted by atomic mass is 9.98. The van der Waals surface area contributed by atoms with Crippen LogP contribution in [0.4, 0.5) is 0 Å². The minimum absolute atomic E-state index is 0.566. The summed E-state index contributed by atoms with van der Waals surface area (Å²) in [7, 11) is 0. The van der Waals surface area contributed by atoms with E-state index in [1.54, 1.807) is 0 Å². The van der Waals surface area contributed by atoms with Crippen LogP contribution in [0.2, 0.25) is 0 Å². The molecule has 1 aliphatic rings. The molecule has 0 aromatic carbocycles. The van der Waals surface area contributed by atoms with Crippen LogP contribution < -0.4 is 5.32 Å². The minimum atomic E-state index is 0.566. The monoisotopic (exact) mass is 163 g/mol. The molecular weight excluding hydrogens is 146 g/mol. The smallest absolute Gasteiger partial charge is 0.0251 e. The Morgan fingerprint density at radius 2 is 2.58 bits per heavy atom. The van der Waals surface area contributed by atoms with Crippen LogP contribution in [0, 0.1) is 12.3 Å². The zero-order valence-electron chi connectivity index (χ0n) is 7.77. The van der Waals surface area contributed by atoms with Crippen LogP contribution in [0.15, 0.2) is 11.6 Å². The van der Waals surface area contributed by atoms with E-state index < -0.39 is 0 Å². The summed E-state index contributed by atoms with van der Waals surface area (Å²) in [5.41, 5.74) is 1.54. The van der Waals surface area contributed by atoms with Gasteiger partial charge in [0.15, 0.2) is 0 Å². The second kappa shape index (κ2) is 5.00. The molecule has 1 heterocycles. The number of hydrogen-bond donors (Lipinski definition) is 1. The molecule has 0 aliphatic carbocycles. The van der Waals surface area contributed by atoms with E-state index in [1.165, 1.54) is 18.4 Å². The second-order valence-corrected chi connectivity index (χ2v) is 3.30. The Morgan fingerprint density at radius 1 is 1.75 bits per heavy atom. The third kappa shape index (κ3) is 2.71. The van der Waals surface area contributed by atoms with Crippen molar-refractivity contribution >= 4 is 0 Å². The number of hydrogen-bond acceptors (Lipinski definition) is 1. The number of terminal acetylenes is 1. The zero-order chi connectivity index (χ0) is 8.81. The van der Waals surface area contributed by atoms with Gasteiger partial charge < -0.3 is 5.32 Å². The van der Waals surface area contributed by atoms with Gasteiger partial charge in [0.2, 0.25) is 0 Å². The summed E-state index contributed by atoms with van der Waals surface area (Å²) in [4.78, 5) is 0. The molecule has 1 N–H and O–H groups in total. The Labute approximate surface area is 75.2 Å². The lowest BCUT2D eigenvalue weighted by molar-refractivity contribution is 0.514. The van der Waals surface area contributed by atoms with E-state index in [4.69, 9.17) is 6.42 Å². The molecule has 0 amide bonds. The summed E-state index contributed by atoms with van der Waals surface area (Å²) < 4.78 is 0. The fourth-order valence-corrected chi connectivity index (χ4v) is 1.58. The topological polar surface area (TPSA) is 12.0 Å². The molecule has 1 atom stereocenters. The maximum absolute atomic E-state index is 5.18. The van der Waals surface area contributed by atoms with Gasteiger partial charge in [-0.3, -0.25) is 0 Å². The van der Waals surface area contributed by atoms with Crippen molar-refractivity contribution in [2.45, 2.75) is 38.6 Å². The van der Waals surface area contributed by atoms with E-state index in [0.717, 1.165) is 19.4 Å². The molecule has 12 heavy (non-hydrogen) atoms. The van der Waals surface area contributed by atoms with Gasteiger partial charge in [-0.15, -0.1) is 12.3 Å². The lowest BCUT2D eigenvalue weighted by Gasteiger charge is -2.23. The first-order valence-electron chi connectivity index (χ1n) is 4.70. The number of piperidine rings is 1. The van der Waals surface area contributed by atoms with Gasteiger partial charge in [-0.25, -0.2) is 0 Å². The third-order valence-corrected chi connectivity index (χ3v) is 2.34. The first kappa shape index (κ1) is 9.35. The summed E-state index contributed by atoms with van der Waals surface area (Å²) in [5.74, 6) is 2.66. The molecule has 1 heteroatoms. The van der Waals surface area contributed by atoms with Crippen molar-refractivity contribution in [3.63, 3.8) is 0 Å². The van der Waals surface area contributed by atoms with Crippen LogP contribution in [0.3, 0.4) is 0 Å². The van der Waals surface area contributed by atoms with E-state index >= 15 is 0 Å². The predicted octanol–water partition coefficient (Wildman–Crippen LogP) is 2.10. The quantitative estimate of drug-likeness (QED) is 0.373. The van der Waals surface area contributed by atoms with Gasteiger partial charge in [0, 0.05) is 12.5 Å². The zero-order valence-corrected chi connectivity index (χ0v) is 7.77. The molecule has 1 aliphatic heterocycles. The molecular formula is C11H17N. The van der Waals surface area contributed by atoms with Crippen molar-refractivity contribution in [3.05, 3.63) is 11.6 Å². The van der Waals surface area contributed by atoms with Crippen molar-refractivity contribution in [1.29, 1.82) is 0 Å². The number of allylic oxidation sites excluding steroid dienone is 1. The summed E-state index contributed by atoms with van der Waals surface area (Å²) in [6.07, 6.45) is 11.9. The van der Waals surface area contributed by atoms with E-state index in [-0.39, 0.29) is 0 Å². The molecule has 1 nitrogen and oxygen atoms in total. The minimum Gasteiger partial charge on any atom is -0.311 e. The lowest BCUT2D eigenvalue weighted by Crippen LogP contribution is -2.33. The molecule has 1 rings (SSSR count). The van der Waals surface area contributed by atoms with E-state index in [1.807, 2.05) is 0 Å². The van der Waals surface area contributed by atoms with Crippen LogP contribution in [0.1, 0.15) is 32.6 Å². The van der Waals surface area contributed by atoms with Gasteiger partial charge in [0.1, 0.15) is 0 Å². The first-order chi connectivity index (χ1) is 5.84. The molecule has 0 spiro atoms. The molecule has 66 valence electrons. The molecule has 0 saturated carbocycles. The highest BCUT2D eigenvalue weighted by atomic mass is 14.9. The van der Waals surface area contributed by atoms with E-state index in [2.05, 4.69) is 24.2 Å². The van der Waals surface area contributed by atoms with Crippen molar-refractivity contribution in [3.8, 4) is 12.3 Å². The number of nitrogens with one attached hydrogen (secondary N) is 1. The average molecular weight is 163 g/mol. The van der Waals surface area contributed by atoms with Gasteiger partial charge >= 0.3 is 0 Å². The number of rotatable bonds is 2. The van der Waals surface area contributed by atoms with Crippen LogP contribution in [-0.2, 0) is 0 Å². The van der Waals surface area contributed by atoms with Crippen molar-refractivity contribution in [1.82, 2.24) is 5.32 Å². The largest absolute Gasteiger partial charge is 0.311 e. The van der Waals surface area contributed by atoms with Crippen LogP contribution in [0.5, 0.6) is 0 Å². The summed E-state index contributed by atoms with van der Waals surface area (Å²) in [6.45, 7) is 3.38. The Bertz CT molecular complexity index is 198. The summed E-state index contributed by atoms with van der Waals surface area (Å²) >= 11 is 0. The van der Waals surface area contributed by atoms with Crippen LogP contribution in [-0.4, -0.2) is 12.6 Å². The van der Waals surface area contributed by atoms with Gasteiger partial charge in [-0.1, -0.05) is 11.6 Å². The average Bonchev–Trinajstić information content (AvgIpc) is 2.09. The Kier molecular flexibility index (Phi) is 3.90. The van der Waals surface area contributed by atoms with Crippen LogP contribution in [0.25, 0.3) is 0 Å². The fraction of sp³-hybridized carbons (Fsp3) is 0.636. The predicted molar refractivity (Wildman–Crippen MR) is 52.8 cm³/mol. The summed E-state index contributed by atoms with van der Waals surface area (Å²) in [6, 6.07) is 0.566. The molecule has 1 unspecified atom stereocenters. The maximum atomic E-state index is 5.18. The molecule has 0 aromatic heterocycles. The highest BCUT2D eigenvalue weighted by Crippen LogP contribution is 2.15. The summed E-state index contributed by atoms with van der Waals surface area (Å²) in [5, 5.41) is 3.44. The standard InChI is InChI=1S/C11H17N/c1-3-4-5-7-11-8-6-9-12-10(11)2/h1,7,10,12H,4-6,8-9H2,2H3/b11-7+. The maximum Gasteiger partial charge on any atom is 0.0251 e. The van der Waals surface area contributed by atoms with Crippen molar-refractivity contribution in [2.75, 3.05) is 6.54 Å². The SMILES string of the molecule is C#CCC/C=C1\CCCNC1C. The molecule has 1 saturated heterocycles. The highest BCUT2D eigenvalue weighted by molar-refractivity contribution is 5.12. The Hall–Kier alpha value is -0.740. The Morgan fingerprint density at radius 3 is 3.25 bits per heavy atom. The fourth-order valence-electron chi connectivity index (χ4n) is 1.58. The van der Waals surface area contributed by atoms with Gasteiger partial charge in [0.05, 0.1) is 0 Å². The normalized spacial score (nSPS) is 27.0. The number of unbranched alkanes of at least 4 members (excludes halogenated alkanes) is 1. The van der Waals surface area contributed by atoms with Crippen LogP contribution >= 0.6 is 0 Å². The third-order valence-electron chi connectivity index (χ3n) is 2.34. The van der Waals surface area contributed by atoms with Crippen molar-refractivity contribution in [2.24, 2.45) is 0 Å². The first-order valence-corrected chi connectivity index (χ1v) is 4.70. The second-order valence-electron chi connectivity index (χ2n) is 3.30. The van der Waals surface area contributed by atoms with Crippen molar-refractivity contribution < 1.29 is 0 Å². The van der Waals surface area contributed by atoms with E-state index in [0.29, 0.717) is 6.04 Å². The Balaban J connectivity index is 2.37. The molecule has 1 fully saturated rings. The molecule has 0 radical (unpaired) electrons. The molecule has 0 aromatic rings. The molecule has 0 bridgehead atoms.